The van der Waals surface area contributed by atoms with Crippen LogP contribution >= 0.6 is 0 Å². The number of carbonyl (C=O) groups is 1. The Bertz CT molecular complexity index is 534. The molecule has 1 aromatic rings. The van der Waals surface area contributed by atoms with Gasteiger partial charge in [-0.25, -0.2) is 13.2 Å². The van der Waals surface area contributed by atoms with Gasteiger partial charge in [0.2, 0.25) is 0 Å². The Morgan fingerprint density at radius 3 is 2.26 bits per heavy atom. The fourth-order valence-electron chi connectivity index (χ4n) is 1.54. The lowest BCUT2D eigenvalue weighted by atomic mass is 10.2. The molecule has 6 nitrogen and oxygen atoms in total. The van der Waals surface area contributed by atoms with E-state index in [0.717, 1.165) is 0 Å². The molecule has 0 heterocycles. The van der Waals surface area contributed by atoms with Gasteiger partial charge in [-0.15, -0.1) is 0 Å². The normalized spacial score (nSPS) is 14.7. The van der Waals surface area contributed by atoms with E-state index in [-0.39, 0.29) is 11.3 Å². The lowest BCUT2D eigenvalue weighted by Crippen LogP contribution is -2.28. The van der Waals surface area contributed by atoms with Gasteiger partial charge >= 0.3 is 5.97 Å². The zero-order valence-corrected chi connectivity index (χ0v) is 11.4. The SMILES string of the molecule is COc1ccc(S(=O)(=O)C(C)CC(O)C(=O)O)cc1. The number of methoxy groups -OCH3 is 1. The van der Waals surface area contributed by atoms with Crippen molar-refractivity contribution in [2.24, 2.45) is 0 Å². The van der Waals surface area contributed by atoms with E-state index >= 15 is 0 Å². The number of carboxylic acid groups (broad SMARTS) is 1. The Morgan fingerprint density at radius 2 is 1.84 bits per heavy atom. The molecule has 0 radical (unpaired) electrons. The smallest absolute Gasteiger partial charge is 0.332 e. The van der Waals surface area contributed by atoms with Gasteiger partial charge in [-0.1, -0.05) is 0 Å². The van der Waals surface area contributed by atoms with Crippen molar-refractivity contribution in [1.29, 1.82) is 0 Å². The first-order chi connectivity index (χ1) is 8.78. The third kappa shape index (κ3) is 3.68. The summed E-state index contributed by atoms with van der Waals surface area (Å²) in [4.78, 5) is 10.6. The largest absolute Gasteiger partial charge is 0.497 e. The van der Waals surface area contributed by atoms with Crippen LogP contribution in [0.4, 0.5) is 0 Å². The summed E-state index contributed by atoms with van der Waals surface area (Å²) in [5.74, 6) is -0.908. The van der Waals surface area contributed by atoms with Gasteiger partial charge < -0.3 is 14.9 Å². The van der Waals surface area contributed by atoms with E-state index in [1.54, 1.807) is 0 Å². The van der Waals surface area contributed by atoms with Gasteiger partial charge in [-0.3, -0.25) is 0 Å². The van der Waals surface area contributed by atoms with Crippen molar-refractivity contribution in [1.82, 2.24) is 0 Å². The number of carboxylic acids is 1. The standard InChI is InChI=1S/C12H16O6S/c1-8(7-11(13)12(14)15)19(16,17)10-5-3-9(18-2)4-6-10/h3-6,8,11,13H,7H2,1-2H3,(H,14,15). The number of hydrogen-bond acceptors (Lipinski definition) is 5. The maximum absolute atomic E-state index is 12.1. The van der Waals surface area contributed by atoms with E-state index in [2.05, 4.69) is 0 Å². The predicted octanol–water partition coefficient (Wildman–Crippen LogP) is 0.693. The molecule has 19 heavy (non-hydrogen) atoms. The number of rotatable bonds is 6. The van der Waals surface area contributed by atoms with Gasteiger partial charge in [-0.05, 0) is 31.2 Å². The van der Waals surface area contributed by atoms with Gasteiger partial charge in [0.25, 0.3) is 0 Å². The summed E-state index contributed by atoms with van der Waals surface area (Å²) in [5.41, 5.74) is 0. The Kier molecular flexibility index (Phi) is 4.90. The number of benzene rings is 1. The molecule has 1 aromatic carbocycles. The third-order valence-electron chi connectivity index (χ3n) is 2.76. The van der Waals surface area contributed by atoms with Crippen LogP contribution in [0.3, 0.4) is 0 Å². The number of hydrogen-bond donors (Lipinski definition) is 2. The Hall–Kier alpha value is -1.60. The van der Waals surface area contributed by atoms with Crippen LogP contribution in [-0.4, -0.2) is 43.1 Å². The average Bonchev–Trinajstić information content (AvgIpc) is 2.38. The Morgan fingerprint density at radius 1 is 1.32 bits per heavy atom. The summed E-state index contributed by atoms with van der Waals surface area (Å²) in [6.07, 6.45) is -2.05. The van der Waals surface area contributed by atoms with Crippen molar-refractivity contribution < 1.29 is 28.2 Å². The summed E-state index contributed by atoms with van der Waals surface area (Å²) in [7, 11) is -2.20. The van der Waals surface area contributed by atoms with Crippen molar-refractivity contribution in [3.63, 3.8) is 0 Å². The molecule has 0 spiro atoms. The molecular formula is C12H16O6S. The highest BCUT2D eigenvalue weighted by Crippen LogP contribution is 2.22. The van der Waals surface area contributed by atoms with Crippen LogP contribution in [0.1, 0.15) is 13.3 Å². The van der Waals surface area contributed by atoms with Crippen molar-refractivity contribution in [2.75, 3.05) is 7.11 Å². The van der Waals surface area contributed by atoms with Crippen LogP contribution in [-0.2, 0) is 14.6 Å². The molecule has 106 valence electrons. The number of aliphatic hydroxyl groups is 1. The van der Waals surface area contributed by atoms with Crippen molar-refractivity contribution in [2.45, 2.75) is 29.6 Å². The van der Waals surface area contributed by atoms with Crippen LogP contribution in [0, 0.1) is 0 Å². The summed E-state index contributed by atoms with van der Waals surface area (Å²) in [5, 5.41) is 16.8. The minimum atomic E-state index is -3.67. The van der Waals surface area contributed by atoms with Crippen LogP contribution < -0.4 is 4.74 Å². The molecule has 1 rings (SSSR count). The molecule has 0 aliphatic carbocycles. The van der Waals surface area contributed by atoms with Gasteiger partial charge in [0.05, 0.1) is 17.3 Å². The number of sulfone groups is 1. The molecule has 7 heteroatoms. The van der Waals surface area contributed by atoms with E-state index in [1.807, 2.05) is 0 Å². The van der Waals surface area contributed by atoms with E-state index < -0.39 is 27.2 Å². The number of aliphatic carboxylic acids is 1. The molecule has 2 atom stereocenters. The lowest BCUT2D eigenvalue weighted by Gasteiger charge is -2.15. The fraction of sp³-hybridized carbons (Fsp3) is 0.417. The predicted molar refractivity (Wildman–Crippen MR) is 67.9 cm³/mol. The van der Waals surface area contributed by atoms with Crippen molar-refractivity contribution >= 4 is 15.8 Å². The maximum atomic E-state index is 12.1. The highest BCUT2D eigenvalue weighted by atomic mass is 32.2. The lowest BCUT2D eigenvalue weighted by molar-refractivity contribution is -0.146. The Labute approximate surface area is 111 Å². The second-order valence-electron chi connectivity index (χ2n) is 4.12. The minimum Gasteiger partial charge on any atom is -0.497 e. The molecule has 2 unspecified atom stereocenters. The van der Waals surface area contributed by atoms with Gasteiger partial charge in [0, 0.05) is 6.42 Å². The molecule has 0 amide bonds. The van der Waals surface area contributed by atoms with Gasteiger partial charge in [-0.2, -0.15) is 0 Å². The average molecular weight is 288 g/mol. The molecule has 0 bridgehead atoms. The molecule has 0 saturated carbocycles. The highest BCUT2D eigenvalue weighted by molar-refractivity contribution is 7.92. The van der Waals surface area contributed by atoms with E-state index in [4.69, 9.17) is 9.84 Å². The van der Waals surface area contributed by atoms with Crippen LogP contribution in [0.25, 0.3) is 0 Å². The van der Waals surface area contributed by atoms with Crippen LogP contribution in [0.2, 0.25) is 0 Å². The summed E-state index contributed by atoms with van der Waals surface area (Å²) in [6.45, 7) is 1.37. The molecule has 0 aliphatic rings. The van der Waals surface area contributed by atoms with E-state index in [0.29, 0.717) is 5.75 Å². The van der Waals surface area contributed by atoms with Gasteiger partial charge in [0.1, 0.15) is 5.75 Å². The number of aliphatic hydroxyl groups excluding tert-OH is 1. The number of ether oxygens (including phenoxy) is 1. The van der Waals surface area contributed by atoms with E-state index in [1.165, 1.54) is 38.3 Å². The first-order valence-corrected chi connectivity index (χ1v) is 7.12. The quantitative estimate of drug-likeness (QED) is 0.799. The second kappa shape index (κ2) is 6.03. The van der Waals surface area contributed by atoms with Crippen molar-refractivity contribution in [3.05, 3.63) is 24.3 Å². The van der Waals surface area contributed by atoms with E-state index in [9.17, 15) is 18.3 Å². The van der Waals surface area contributed by atoms with Crippen molar-refractivity contribution in [3.8, 4) is 5.75 Å². The molecular weight excluding hydrogens is 272 g/mol. The minimum absolute atomic E-state index is 0.0680. The molecule has 0 aromatic heterocycles. The molecule has 0 fully saturated rings. The first-order valence-electron chi connectivity index (χ1n) is 5.58. The molecule has 2 N–H and O–H groups in total. The van der Waals surface area contributed by atoms with Gasteiger partial charge in [0.15, 0.2) is 15.9 Å². The molecule has 0 aliphatic heterocycles. The zero-order valence-electron chi connectivity index (χ0n) is 10.6. The summed E-state index contributed by atoms with van der Waals surface area (Å²) in [6, 6.07) is 5.79. The first kappa shape index (κ1) is 15.5. The maximum Gasteiger partial charge on any atom is 0.332 e. The topological polar surface area (TPSA) is 101 Å². The fourth-order valence-corrected chi connectivity index (χ4v) is 2.96. The second-order valence-corrected chi connectivity index (χ2v) is 6.49. The highest BCUT2D eigenvalue weighted by Gasteiger charge is 2.28. The third-order valence-corrected chi connectivity index (χ3v) is 4.94. The van der Waals surface area contributed by atoms with Crippen LogP contribution in [0.5, 0.6) is 5.75 Å². The van der Waals surface area contributed by atoms with Crippen LogP contribution in [0.15, 0.2) is 29.2 Å². The zero-order chi connectivity index (χ0) is 14.6. The summed E-state index contributed by atoms with van der Waals surface area (Å²) < 4.78 is 29.2. The monoisotopic (exact) mass is 288 g/mol. The molecule has 0 saturated heterocycles. The summed E-state index contributed by atoms with van der Waals surface area (Å²) >= 11 is 0. The Balaban J connectivity index is 2.92.